The highest BCUT2D eigenvalue weighted by atomic mass is 35.5. The van der Waals surface area contributed by atoms with Gasteiger partial charge in [0.05, 0.1) is 6.04 Å². The first-order valence-electron chi connectivity index (χ1n) is 8.45. The number of nitrogens with zero attached hydrogens (tertiary/aromatic N) is 4. The molecule has 2 aliphatic rings. The molecule has 8 heteroatoms. The van der Waals surface area contributed by atoms with E-state index in [1.54, 1.807) is 17.0 Å². The minimum absolute atomic E-state index is 0.00681. The van der Waals surface area contributed by atoms with E-state index in [1.165, 1.54) is 0 Å². The maximum Gasteiger partial charge on any atom is 0.239 e. The van der Waals surface area contributed by atoms with Gasteiger partial charge in [-0.05, 0) is 37.7 Å². The highest BCUT2D eigenvalue weighted by Crippen LogP contribution is 2.32. The van der Waals surface area contributed by atoms with Crippen LogP contribution in [0.2, 0.25) is 5.02 Å². The van der Waals surface area contributed by atoms with Crippen LogP contribution in [0, 0.1) is 0 Å². The summed E-state index contributed by atoms with van der Waals surface area (Å²) in [4.78, 5) is 21.3. The Kier molecular flexibility index (Phi) is 4.45. The van der Waals surface area contributed by atoms with Crippen molar-refractivity contribution < 1.29 is 9.32 Å². The largest absolute Gasteiger partial charge is 0.338 e. The number of anilines is 1. The van der Waals surface area contributed by atoms with Gasteiger partial charge in [0.25, 0.3) is 0 Å². The molecule has 2 unspecified atom stereocenters. The number of carbonyl (C=O) groups excluding carboxylic acids is 1. The number of nitrogens with one attached hydrogen (secondary N) is 1. The Balaban J connectivity index is 1.51. The number of rotatable bonds is 3. The minimum Gasteiger partial charge on any atom is -0.338 e. The summed E-state index contributed by atoms with van der Waals surface area (Å²) in [7, 11) is 2.05. The van der Waals surface area contributed by atoms with E-state index in [2.05, 4.69) is 20.4 Å². The third-order valence-electron chi connectivity index (χ3n) is 4.91. The molecule has 2 atom stereocenters. The summed E-state index contributed by atoms with van der Waals surface area (Å²) in [6, 6.07) is 7.35. The van der Waals surface area contributed by atoms with E-state index in [9.17, 15) is 4.79 Å². The number of likely N-dealkylation sites (N-methyl/N-ethyl adjacent to an activating group) is 1. The number of hydrogen-bond donors (Lipinski definition) is 1. The maximum absolute atomic E-state index is 12.8. The van der Waals surface area contributed by atoms with Crippen molar-refractivity contribution in [2.45, 2.75) is 18.4 Å². The molecule has 2 saturated heterocycles. The SMILES string of the molecule is CN1CCNCC1c1noc(C2CCN(c3ccc(Cl)cc3)C2=O)n1. The van der Waals surface area contributed by atoms with Gasteiger partial charge in [-0.3, -0.25) is 9.69 Å². The lowest BCUT2D eigenvalue weighted by molar-refractivity contribution is -0.118. The number of carbonyl (C=O) groups is 1. The monoisotopic (exact) mass is 361 g/mol. The van der Waals surface area contributed by atoms with Gasteiger partial charge >= 0.3 is 0 Å². The highest BCUT2D eigenvalue weighted by Gasteiger charge is 2.38. The summed E-state index contributed by atoms with van der Waals surface area (Å²) in [6.07, 6.45) is 0.669. The van der Waals surface area contributed by atoms with Crippen LogP contribution in [0.1, 0.15) is 30.1 Å². The van der Waals surface area contributed by atoms with Gasteiger partial charge in [0.1, 0.15) is 5.92 Å². The fourth-order valence-corrected chi connectivity index (χ4v) is 3.53. The molecule has 0 saturated carbocycles. The Morgan fingerprint density at radius 3 is 2.84 bits per heavy atom. The van der Waals surface area contributed by atoms with Crippen LogP contribution >= 0.6 is 11.6 Å². The molecular formula is C17H20ClN5O2. The predicted molar refractivity (Wildman–Crippen MR) is 93.7 cm³/mol. The summed E-state index contributed by atoms with van der Waals surface area (Å²) in [5.74, 6) is 0.671. The van der Waals surface area contributed by atoms with Gasteiger partial charge in [-0.25, -0.2) is 0 Å². The van der Waals surface area contributed by atoms with Crippen LogP contribution in [-0.2, 0) is 4.79 Å². The average Bonchev–Trinajstić information content (AvgIpc) is 3.23. The van der Waals surface area contributed by atoms with E-state index >= 15 is 0 Å². The maximum atomic E-state index is 12.8. The molecule has 1 aromatic carbocycles. The minimum atomic E-state index is -0.376. The standard InChI is InChI=1S/C17H20ClN5O2/c1-22-9-7-19-10-14(22)15-20-16(25-21-15)13-6-8-23(17(13)24)12-4-2-11(18)3-5-12/h2-5,13-14,19H,6-10H2,1H3. The summed E-state index contributed by atoms with van der Waals surface area (Å²) in [5, 5.41) is 8.11. The zero-order valence-electron chi connectivity index (χ0n) is 14.0. The van der Waals surface area contributed by atoms with E-state index in [0.717, 1.165) is 25.3 Å². The van der Waals surface area contributed by atoms with Crippen molar-refractivity contribution in [3.63, 3.8) is 0 Å². The van der Waals surface area contributed by atoms with Gasteiger partial charge in [-0.15, -0.1) is 0 Å². The third-order valence-corrected chi connectivity index (χ3v) is 5.16. The summed E-state index contributed by atoms with van der Waals surface area (Å²) >= 11 is 5.92. The van der Waals surface area contributed by atoms with Crippen LogP contribution in [-0.4, -0.2) is 54.2 Å². The highest BCUT2D eigenvalue weighted by molar-refractivity contribution is 6.30. The van der Waals surface area contributed by atoms with E-state index in [0.29, 0.717) is 29.7 Å². The van der Waals surface area contributed by atoms with Crippen LogP contribution in [0.15, 0.2) is 28.8 Å². The number of piperazine rings is 1. The van der Waals surface area contributed by atoms with Crippen LogP contribution in [0.25, 0.3) is 0 Å². The smallest absolute Gasteiger partial charge is 0.239 e. The second-order valence-electron chi connectivity index (χ2n) is 6.50. The number of benzene rings is 1. The van der Waals surface area contributed by atoms with Crippen molar-refractivity contribution in [1.29, 1.82) is 0 Å². The first kappa shape index (κ1) is 16.5. The van der Waals surface area contributed by atoms with Gasteiger partial charge in [0, 0.05) is 36.9 Å². The zero-order chi connectivity index (χ0) is 17.4. The van der Waals surface area contributed by atoms with Gasteiger partial charge in [0.15, 0.2) is 5.82 Å². The number of hydrogen-bond acceptors (Lipinski definition) is 6. The van der Waals surface area contributed by atoms with Gasteiger partial charge < -0.3 is 14.7 Å². The lowest BCUT2D eigenvalue weighted by Gasteiger charge is -2.30. The van der Waals surface area contributed by atoms with Crippen molar-refractivity contribution in [1.82, 2.24) is 20.4 Å². The van der Waals surface area contributed by atoms with E-state index < -0.39 is 0 Å². The zero-order valence-corrected chi connectivity index (χ0v) is 14.7. The van der Waals surface area contributed by atoms with E-state index in [-0.39, 0.29) is 17.9 Å². The number of aromatic nitrogens is 2. The molecule has 4 rings (SSSR count). The molecule has 3 heterocycles. The Bertz CT molecular complexity index is 763. The normalized spacial score (nSPS) is 24.9. The number of halogens is 1. The van der Waals surface area contributed by atoms with Crippen molar-refractivity contribution in [2.75, 3.05) is 38.1 Å². The molecular weight excluding hydrogens is 342 g/mol. The summed E-state index contributed by atoms with van der Waals surface area (Å²) < 4.78 is 5.44. The van der Waals surface area contributed by atoms with Gasteiger partial charge in [-0.1, -0.05) is 16.8 Å². The lowest BCUT2D eigenvalue weighted by Crippen LogP contribution is -2.44. The quantitative estimate of drug-likeness (QED) is 0.898. The Hall–Kier alpha value is -1.96. The second-order valence-corrected chi connectivity index (χ2v) is 6.94. The number of amides is 1. The van der Waals surface area contributed by atoms with Crippen LogP contribution in [0.3, 0.4) is 0 Å². The van der Waals surface area contributed by atoms with Crippen molar-refractivity contribution in [2.24, 2.45) is 0 Å². The van der Waals surface area contributed by atoms with Crippen LogP contribution < -0.4 is 10.2 Å². The predicted octanol–water partition coefficient (Wildman–Crippen LogP) is 1.82. The summed E-state index contributed by atoms with van der Waals surface area (Å²) in [6.45, 7) is 3.30. The molecule has 0 aliphatic carbocycles. The van der Waals surface area contributed by atoms with Crippen molar-refractivity contribution >= 4 is 23.2 Å². The molecule has 2 aromatic rings. The van der Waals surface area contributed by atoms with Crippen molar-refractivity contribution in [3.8, 4) is 0 Å². The first-order valence-corrected chi connectivity index (χ1v) is 8.82. The van der Waals surface area contributed by atoms with Crippen molar-refractivity contribution in [3.05, 3.63) is 41.0 Å². The molecule has 0 radical (unpaired) electrons. The average molecular weight is 362 g/mol. The molecule has 132 valence electrons. The third kappa shape index (κ3) is 3.15. The lowest BCUT2D eigenvalue weighted by atomic mass is 10.1. The molecule has 1 aromatic heterocycles. The topological polar surface area (TPSA) is 74.5 Å². The molecule has 0 spiro atoms. The van der Waals surface area contributed by atoms with Crippen LogP contribution in [0.5, 0.6) is 0 Å². The van der Waals surface area contributed by atoms with Gasteiger partial charge in [0.2, 0.25) is 11.8 Å². The molecule has 25 heavy (non-hydrogen) atoms. The molecule has 1 N–H and O–H groups in total. The van der Waals surface area contributed by atoms with Gasteiger partial charge in [-0.2, -0.15) is 4.98 Å². The first-order chi connectivity index (χ1) is 12.1. The Labute approximate surface area is 150 Å². The molecule has 2 fully saturated rings. The van der Waals surface area contributed by atoms with Crippen LogP contribution in [0.4, 0.5) is 5.69 Å². The van der Waals surface area contributed by atoms with E-state index in [1.807, 2.05) is 19.2 Å². The fourth-order valence-electron chi connectivity index (χ4n) is 3.40. The second kappa shape index (κ2) is 6.74. The molecule has 0 bridgehead atoms. The van der Waals surface area contributed by atoms with E-state index in [4.69, 9.17) is 16.1 Å². The summed E-state index contributed by atoms with van der Waals surface area (Å²) in [5.41, 5.74) is 0.841. The molecule has 1 amide bonds. The molecule has 2 aliphatic heterocycles. The fraction of sp³-hybridized carbons (Fsp3) is 0.471. The Morgan fingerprint density at radius 1 is 1.28 bits per heavy atom. The Morgan fingerprint density at radius 2 is 2.08 bits per heavy atom. The molecule has 7 nitrogen and oxygen atoms in total.